The molecular formula is C29H39Cl2N7O3S2. The first kappa shape index (κ1) is 34.8. The second-order valence-electron chi connectivity index (χ2n) is 11.1. The summed E-state index contributed by atoms with van der Waals surface area (Å²) >= 11 is 3.07. The molecule has 43 heavy (non-hydrogen) atoms. The zero-order chi connectivity index (χ0) is 29.0. The van der Waals surface area contributed by atoms with Gasteiger partial charge in [0, 0.05) is 80.0 Å². The number of pyridine rings is 2. The number of hydrogen-bond donors (Lipinski definition) is 1. The second kappa shape index (κ2) is 15.4. The summed E-state index contributed by atoms with van der Waals surface area (Å²) in [6.45, 7) is 10.4. The van der Waals surface area contributed by atoms with E-state index in [1.807, 2.05) is 41.1 Å². The van der Waals surface area contributed by atoms with Gasteiger partial charge in [0.1, 0.15) is 5.75 Å². The Morgan fingerprint density at radius 1 is 1.07 bits per heavy atom. The predicted octanol–water partition coefficient (Wildman–Crippen LogP) is 6.27. The Kier molecular flexibility index (Phi) is 12.4. The molecule has 5 rings (SSSR count). The minimum atomic E-state index is -0.178. The standard InChI is InChI=1S/C29H37N7O3S2.2ClH/c1-19-24(6-5-11-30-19)39-25-16-23(40-18-22-7-12-35(13-8-22)20(2)37)17-31-26(25)32-28-33-27(34-41-28)29(4)9-14-36(15-10-29)21(3)38;;/h5-6,11,16-17,22H,7-10,12-15,18H2,1-4H3,(H,31,32,33,34);2*1H. The van der Waals surface area contributed by atoms with Gasteiger partial charge in [-0.3, -0.25) is 14.6 Å². The largest absolute Gasteiger partial charge is 0.452 e. The van der Waals surface area contributed by atoms with Crippen LogP contribution in [-0.2, 0) is 15.0 Å². The topological polar surface area (TPSA) is 113 Å². The lowest BCUT2D eigenvalue weighted by molar-refractivity contribution is -0.131. The number of anilines is 2. The first-order chi connectivity index (χ1) is 19.7. The van der Waals surface area contributed by atoms with E-state index < -0.39 is 0 Å². The Morgan fingerprint density at radius 3 is 2.40 bits per heavy atom. The lowest BCUT2D eigenvalue weighted by Gasteiger charge is -2.37. The number of thioether (sulfide) groups is 1. The number of carbonyl (C=O) groups excluding carboxylic acids is 2. The number of nitrogens with zero attached hydrogens (tertiary/aromatic N) is 6. The van der Waals surface area contributed by atoms with Crippen molar-refractivity contribution in [2.24, 2.45) is 5.92 Å². The van der Waals surface area contributed by atoms with Crippen molar-refractivity contribution in [2.75, 3.05) is 37.2 Å². The van der Waals surface area contributed by atoms with Crippen molar-refractivity contribution >= 4 is 70.9 Å². The maximum absolute atomic E-state index is 11.8. The van der Waals surface area contributed by atoms with Crippen molar-refractivity contribution in [3.63, 3.8) is 0 Å². The molecule has 14 heteroatoms. The lowest BCUT2D eigenvalue weighted by Crippen LogP contribution is -2.43. The van der Waals surface area contributed by atoms with Gasteiger partial charge in [0.05, 0.1) is 5.69 Å². The molecule has 1 N–H and O–H groups in total. The van der Waals surface area contributed by atoms with Gasteiger partial charge in [0.15, 0.2) is 17.4 Å². The third kappa shape index (κ3) is 8.71. The lowest BCUT2D eigenvalue weighted by atomic mass is 9.79. The number of ether oxygens (including phenoxy) is 1. The number of aryl methyl sites for hydroxylation is 1. The van der Waals surface area contributed by atoms with Gasteiger partial charge in [-0.1, -0.05) is 6.92 Å². The van der Waals surface area contributed by atoms with E-state index in [9.17, 15) is 9.59 Å². The highest BCUT2D eigenvalue weighted by Gasteiger charge is 2.36. The van der Waals surface area contributed by atoms with E-state index in [2.05, 4.69) is 21.6 Å². The van der Waals surface area contributed by atoms with Crippen molar-refractivity contribution < 1.29 is 14.3 Å². The number of halogens is 2. The molecule has 3 aromatic heterocycles. The number of aromatic nitrogens is 4. The van der Waals surface area contributed by atoms with Crippen LogP contribution in [0.4, 0.5) is 10.9 Å². The molecule has 0 spiro atoms. The van der Waals surface area contributed by atoms with Crippen molar-refractivity contribution in [3.8, 4) is 11.5 Å². The highest BCUT2D eigenvalue weighted by atomic mass is 35.5. The summed E-state index contributed by atoms with van der Waals surface area (Å²) in [6.07, 6.45) is 7.30. The SMILES string of the molecule is CC(=O)N1CCC(CSc2cnc(Nc3nc(C4(C)CCN(C(C)=O)CC4)ns3)c(Oc3cccnc3C)c2)CC1.Cl.Cl. The fraction of sp³-hybridized carbons (Fsp3) is 0.517. The Balaban J connectivity index is 0.00000253. The number of carbonyl (C=O) groups is 2. The summed E-state index contributed by atoms with van der Waals surface area (Å²) in [5, 5.41) is 3.99. The Morgan fingerprint density at radius 2 is 1.74 bits per heavy atom. The fourth-order valence-corrected chi connectivity index (χ4v) is 6.94. The average Bonchev–Trinajstić information content (AvgIpc) is 3.44. The molecule has 0 saturated carbocycles. The van der Waals surface area contributed by atoms with Crippen LogP contribution >= 0.6 is 48.1 Å². The number of likely N-dealkylation sites (tertiary alicyclic amines) is 2. The van der Waals surface area contributed by atoms with E-state index >= 15 is 0 Å². The summed E-state index contributed by atoms with van der Waals surface area (Å²) in [5.41, 5.74) is 0.611. The van der Waals surface area contributed by atoms with E-state index in [1.165, 1.54) is 11.5 Å². The third-order valence-electron chi connectivity index (χ3n) is 8.06. The fourth-order valence-electron chi connectivity index (χ4n) is 5.16. The summed E-state index contributed by atoms with van der Waals surface area (Å²) < 4.78 is 11.0. The smallest absolute Gasteiger partial charge is 0.219 e. The molecule has 234 valence electrons. The normalized spacial score (nSPS) is 16.6. The Labute approximate surface area is 273 Å². The van der Waals surface area contributed by atoms with E-state index in [0.29, 0.717) is 41.5 Å². The van der Waals surface area contributed by atoms with Crippen molar-refractivity contribution in [1.82, 2.24) is 29.1 Å². The molecule has 0 aliphatic carbocycles. The van der Waals surface area contributed by atoms with E-state index in [-0.39, 0.29) is 42.0 Å². The van der Waals surface area contributed by atoms with Gasteiger partial charge in [-0.15, -0.1) is 36.6 Å². The van der Waals surface area contributed by atoms with E-state index in [4.69, 9.17) is 14.7 Å². The molecule has 2 aliphatic heterocycles. The quantitative estimate of drug-likeness (QED) is 0.278. The molecular weight excluding hydrogens is 629 g/mol. The monoisotopic (exact) mass is 667 g/mol. The predicted molar refractivity (Wildman–Crippen MR) is 176 cm³/mol. The van der Waals surface area contributed by atoms with Crippen LogP contribution in [0.1, 0.15) is 58.0 Å². The first-order valence-electron chi connectivity index (χ1n) is 14.0. The molecule has 0 bridgehead atoms. The molecule has 3 aromatic rings. The zero-order valence-electron chi connectivity index (χ0n) is 24.9. The van der Waals surface area contributed by atoms with Crippen LogP contribution in [-0.4, -0.2) is 72.9 Å². The molecule has 2 fully saturated rings. The molecule has 2 aliphatic rings. The molecule has 5 heterocycles. The van der Waals surface area contributed by atoms with Crippen LogP contribution in [0.3, 0.4) is 0 Å². The number of amides is 2. The molecule has 0 aromatic carbocycles. The maximum Gasteiger partial charge on any atom is 0.219 e. The third-order valence-corrected chi connectivity index (χ3v) is 9.88. The van der Waals surface area contributed by atoms with Crippen LogP contribution in [0.15, 0.2) is 35.5 Å². The highest BCUT2D eigenvalue weighted by molar-refractivity contribution is 7.99. The molecule has 10 nitrogen and oxygen atoms in total. The van der Waals surface area contributed by atoms with E-state index in [1.54, 1.807) is 31.8 Å². The van der Waals surface area contributed by atoms with Gasteiger partial charge in [-0.05, 0) is 56.7 Å². The van der Waals surface area contributed by atoms with Gasteiger partial charge in [-0.2, -0.15) is 4.37 Å². The number of hydrogen-bond acceptors (Lipinski definition) is 10. The maximum atomic E-state index is 11.8. The van der Waals surface area contributed by atoms with E-state index in [0.717, 1.165) is 60.9 Å². The molecule has 2 amide bonds. The van der Waals surface area contributed by atoms with Gasteiger partial charge < -0.3 is 19.9 Å². The van der Waals surface area contributed by atoms with Crippen LogP contribution < -0.4 is 10.1 Å². The van der Waals surface area contributed by atoms with Crippen LogP contribution in [0.5, 0.6) is 11.5 Å². The molecule has 0 radical (unpaired) electrons. The molecule has 2 saturated heterocycles. The van der Waals surface area contributed by atoms with Gasteiger partial charge in [0.2, 0.25) is 16.9 Å². The highest BCUT2D eigenvalue weighted by Crippen LogP contribution is 2.38. The van der Waals surface area contributed by atoms with Crippen LogP contribution in [0, 0.1) is 12.8 Å². The van der Waals surface area contributed by atoms with Gasteiger partial charge in [-0.25, -0.2) is 9.97 Å². The Bertz CT molecular complexity index is 1390. The molecule has 0 atom stereocenters. The summed E-state index contributed by atoms with van der Waals surface area (Å²) in [5.74, 6) is 4.41. The van der Waals surface area contributed by atoms with Crippen molar-refractivity contribution in [3.05, 3.63) is 42.1 Å². The zero-order valence-corrected chi connectivity index (χ0v) is 28.1. The Hall–Kier alpha value is -2.67. The van der Waals surface area contributed by atoms with Gasteiger partial charge in [0.25, 0.3) is 0 Å². The minimum Gasteiger partial charge on any atom is -0.452 e. The summed E-state index contributed by atoms with van der Waals surface area (Å²) in [6, 6.07) is 5.76. The van der Waals surface area contributed by atoms with Crippen LogP contribution in [0.2, 0.25) is 0 Å². The number of nitrogens with one attached hydrogen (secondary N) is 1. The number of rotatable bonds is 8. The minimum absolute atomic E-state index is 0. The number of piperidine rings is 2. The van der Waals surface area contributed by atoms with Crippen molar-refractivity contribution in [1.29, 1.82) is 0 Å². The van der Waals surface area contributed by atoms with Gasteiger partial charge >= 0.3 is 0 Å². The summed E-state index contributed by atoms with van der Waals surface area (Å²) in [4.78, 5) is 42.2. The van der Waals surface area contributed by atoms with Crippen molar-refractivity contribution in [2.45, 2.75) is 63.7 Å². The summed E-state index contributed by atoms with van der Waals surface area (Å²) in [7, 11) is 0. The average molecular weight is 669 g/mol. The van der Waals surface area contributed by atoms with Crippen LogP contribution in [0.25, 0.3) is 0 Å². The second-order valence-corrected chi connectivity index (χ2v) is 12.9. The molecule has 0 unspecified atom stereocenters. The first-order valence-corrected chi connectivity index (χ1v) is 15.8.